The topological polar surface area (TPSA) is 32.0 Å². The Morgan fingerprint density at radius 3 is 2.71 bits per heavy atom. The first-order valence-electron chi connectivity index (χ1n) is 7.48. The molecule has 2 aromatic heterocycles. The van der Waals surface area contributed by atoms with Gasteiger partial charge < -0.3 is 13.9 Å². The first kappa shape index (κ1) is 13.7. The molecule has 4 heteroatoms. The molecule has 0 saturated carbocycles. The average Bonchev–Trinajstić information content (AvgIpc) is 3.09. The number of benzene rings is 1. The number of aryl methyl sites for hydroxylation is 3. The number of rotatable bonds is 6. The summed E-state index contributed by atoms with van der Waals surface area (Å²) in [5, 5.41) is 1.19. The van der Waals surface area contributed by atoms with Gasteiger partial charge in [-0.2, -0.15) is 0 Å². The molecule has 0 fully saturated rings. The van der Waals surface area contributed by atoms with Gasteiger partial charge in [0, 0.05) is 37.1 Å². The van der Waals surface area contributed by atoms with Gasteiger partial charge in [0.25, 0.3) is 0 Å². The number of nitrogens with zero attached hydrogens (tertiary/aromatic N) is 3. The van der Waals surface area contributed by atoms with E-state index in [4.69, 9.17) is 4.74 Å². The molecule has 0 bridgehead atoms. The van der Waals surface area contributed by atoms with Crippen LogP contribution in [0.2, 0.25) is 0 Å². The summed E-state index contributed by atoms with van der Waals surface area (Å²) in [4.78, 5) is 4.26. The fourth-order valence-corrected chi connectivity index (χ4v) is 2.58. The van der Waals surface area contributed by atoms with Gasteiger partial charge in [-0.1, -0.05) is 13.0 Å². The molecule has 0 aliphatic carbocycles. The van der Waals surface area contributed by atoms with Gasteiger partial charge in [0.2, 0.25) is 0 Å². The number of hydrogen-bond acceptors (Lipinski definition) is 2. The van der Waals surface area contributed by atoms with Gasteiger partial charge in [-0.3, -0.25) is 0 Å². The SMILES string of the molecule is CCCOc1cccc2c1ccn2CCn1ccnc1C. The second-order valence-corrected chi connectivity index (χ2v) is 5.21. The highest BCUT2D eigenvalue weighted by Gasteiger charge is 2.06. The van der Waals surface area contributed by atoms with E-state index in [1.807, 2.05) is 25.4 Å². The highest BCUT2D eigenvalue weighted by atomic mass is 16.5. The van der Waals surface area contributed by atoms with Gasteiger partial charge in [0.05, 0.1) is 12.1 Å². The maximum absolute atomic E-state index is 5.82. The Hall–Kier alpha value is -2.23. The van der Waals surface area contributed by atoms with Crippen LogP contribution in [0.5, 0.6) is 5.75 Å². The smallest absolute Gasteiger partial charge is 0.128 e. The minimum Gasteiger partial charge on any atom is -0.493 e. The van der Waals surface area contributed by atoms with Crippen molar-refractivity contribution in [2.45, 2.75) is 33.4 Å². The quantitative estimate of drug-likeness (QED) is 0.692. The third kappa shape index (κ3) is 2.79. The molecule has 21 heavy (non-hydrogen) atoms. The van der Waals surface area contributed by atoms with E-state index < -0.39 is 0 Å². The second-order valence-electron chi connectivity index (χ2n) is 5.21. The fraction of sp³-hybridized carbons (Fsp3) is 0.353. The van der Waals surface area contributed by atoms with E-state index in [0.29, 0.717) is 0 Å². The summed E-state index contributed by atoms with van der Waals surface area (Å²) in [7, 11) is 0. The maximum Gasteiger partial charge on any atom is 0.128 e. The Kier molecular flexibility index (Phi) is 3.95. The van der Waals surface area contributed by atoms with Crippen LogP contribution >= 0.6 is 0 Å². The minimum absolute atomic E-state index is 0.762. The van der Waals surface area contributed by atoms with E-state index in [0.717, 1.165) is 37.7 Å². The van der Waals surface area contributed by atoms with Crippen molar-refractivity contribution in [3.63, 3.8) is 0 Å². The lowest BCUT2D eigenvalue weighted by molar-refractivity contribution is 0.321. The average molecular weight is 283 g/mol. The molecule has 110 valence electrons. The minimum atomic E-state index is 0.762. The van der Waals surface area contributed by atoms with Crippen LogP contribution in [0.4, 0.5) is 0 Å². The molecule has 1 aromatic carbocycles. The highest BCUT2D eigenvalue weighted by molar-refractivity contribution is 5.86. The predicted octanol–water partition coefficient (Wildman–Crippen LogP) is 3.64. The predicted molar refractivity (Wildman–Crippen MR) is 84.7 cm³/mol. The first-order chi connectivity index (χ1) is 10.3. The molecule has 0 saturated heterocycles. The summed E-state index contributed by atoms with van der Waals surface area (Å²) in [5.74, 6) is 2.03. The van der Waals surface area contributed by atoms with E-state index >= 15 is 0 Å². The van der Waals surface area contributed by atoms with Gasteiger partial charge in [-0.25, -0.2) is 4.98 Å². The molecule has 0 spiro atoms. The number of aromatic nitrogens is 3. The van der Waals surface area contributed by atoms with Crippen molar-refractivity contribution >= 4 is 10.9 Å². The number of fused-ring (bicyclic) bond motifs is 1. The van der Waals surface area contributed by atoms with Crippen LogP contribution < -0.4 is 4.74 Å². The van der Waals surface area contributed by atoms with Crippen LogP contribution in [-0.2, 0) is 13.1 Å². The molecule has 0 aliphatic rings. The lowest BCUT2D eigenvalue weighted by Crippen LogP contribution is -2.07. The van der Waals surface area contributed by atoms with E-state index in [1.165, 1.54) is 10.9 Å². The number of hydrogen-bond donors (Lipinski definition) is 0. The first-order valence-corrected chi connectivity index (χ1v) is 7.48. The van der Waals surface area contributed by atoms with Crippen molar-refractivity contribution in [3.8, 4) is 5.75 Å². The molecule has 3 rings (SSSR count). The van der Waals surface area contributed by atoms with E-state index in [2.05, 4.69) is 45.4 Å². The zero-order valence-corrected chi connectivity index (χ0v) is 12.6. The molecule has 0 radical (unpaired) electrons. The fourth-order valence-electron chi connectivity index (χ4n) is 2.58. The van der Waals surface area contributed by atoms with Crippen molar-refractivity contribution in [1.29, 1.82) is 0 Å². The molecule has 0 amide bonds. The molecule has 0 atom stereocenters. The van der Waals surface area contributed by atoms with E-state index in [-0.39, 0.29) is 0 Å². The Balaban J connectivity index is 1.81. The van der Waals surface area contributed by atoms with Crippen LogP contribution in [0.1, 0.15) is 19.2 Å². The van der Waals surface area contributed by atoms with Crippen LogP contribution in [0.15, 0.2) is 42.9 Å². The second kappa shape index (κ2) is 6.04. The summed E-state index contributed by atoms with van der Waals surface area (Å²) >= 11 is 0. The van der Waals surface area contributed by atoms with Crippen molar-refractivity contribution in [2.75, 3.05) is 6.61 Å². The van der Waals surface area contributed by atoms with Crippen molar-refractivity contribution in [1.82, 2.24) is 14.1 Å². The molecule has 0 aliphatic heterocycles. The number of ether oxygens (including phenoxy) is 1. The molecule has 4 nitrogen and oxygen atoms in total. The van der Waals surface area contributed by atoms with Crippen LogP contribution in [-0.4, -0.2) is 20.7 Å². The largest absolute Gasteiger partial charge is 0.493 e. The van der Waals surface area contributed by atoms with Crippen LogP contribution in [0.3, 0.4) is 0 Å². The van der Waals surface area contributed by atoms with Crippen molar-refractivity contribution < 1.29 is 4.74 Å². The summed E-state index contributed by atoms with van der Waals surface area (Å²) in [6.45, 7) is 6.77. The van der Waals surface area contributed by atoms with E-state index in [9.17, 15) is 0 Å². The molecular formula is C17H21N3O. The Bertz CT molecular complexity index is 727. The van der Waals surface area contributed by atoms with Gasteiger partial charge in [-0.05, 0) is 31.5 Å². The summed E-state index contributed by atoms with van der Waals surface area (Å²) in [6.07, 6.45) is 7.03. The highest BCUT2D eigenvalue weighted by Crippen LogP contribution is 2.26. The van der Waals surface area contributed by atoms with Gasteiger partial charge in [-0.15, -0.1) is 0 Å². The normalized spacial score (nSPS) is 11.1. The van der Waals surface area contributed by atoms with Crippen LogP contribution in [0, 0.1) is 6.92 Å². The van der Waals surface area contributed by atoms with Crippen LogP contribution in [0.25, 0.3) is 10.9 Å². The van der Waals surface area contributed by atoms with Crippen molar-refractivity contribution in [3.05, 3.63) is 48.7 Å². The van der Waals surface area contributed by atoms with Gasteiger partial charge in [0.1, 0.15) is 11.6 Å². The van der Waals surface area contributed by atoms with Crippen molar-refractivity contribution in [2.24, 2.45) is 0 Å². The summed E-state index contributed by atoms with van der Waals surface area (Å²) < 4.78 is 10.3. The Morgan fingerprint density at radius 2 is 1.95 bits per heavy atom. The number of imidazole rings is 1. The molecule has 0 unspecified atom stereocenters. The lowest BCUT2D eigenvalue weighted by atomic mass is 10.2. The van der Waals surface area contributed by atoms with Gasteiger partial charge >= 0.3 is 0 Å². The third-order valence-corrected chi connectivity index (χ3v) is 3.74. The zero-order chi connectivity index (χ0) is 14.7. The Morgan fingerprint density at radius 1 is 1.10 bits per heavy atom. The Labute approximate surface area is 125 Å². The third-order valence-electron chi connectivity index (χ3n) is 3.74. The monoisotopic (exact) mass is 283 g/mol. The summed E-state index contributed by atoms with van der Waals surface area (Å²) in [6, 6.07) is 8.39. The van der Waals surface area contributed by atoms with E-state index in [1.54, 1.807) is 0 Å². The van der Waals surface area contributed by atoms with Gasteiger partial charge in [0.15, 0.2) is 0 Å². The standard InChI is InChI=1S/C17H21N3O/c1-3-13-21-17-6-4-5-16-15(17)7-9-20(16)12-11-19-10-8-18-14(19)2/h4-10H,3,11-13H2,1-2H3. The maximum atomic E-state index is 5.82. The molecule has 0 N–H and O–H groups in total. The molecule has 3 aromatic rings. The summed E-state index contributed by atoms with van der Waals surface area (Å²) in [5.41, 5.74) is 1.22. The zero-order valence-electron chi connectivity index (χ0n) is 12.6. The molecule has 2 heterocycles. The lowest BCUT2D eigenvalue weighted by Gasteiger charge is -2.09. The molecular weight excluding hydrogens is 262 g/mol.